The third kappa shape index (κ3) is 6.15. The first-order valence-corrected chi connectivity index (χ1v) is 11.2. The molecule has 3 saturated heterocycles. The summed E-state index contributed by atoms with van der Waals surface area (Å²) in [6, 6.07) is 0.466. The van der Waals surface area contributed by atoms with Gasteiger partial charge in [-0.3, -0.25) is 19.3 Å². The average Bonchev–Trinajstić information content (AvgIpc) is 2.73. The van der Waals surface area contributed by atoms with Crippen molar-refractivity contribution in [3.63, 3.8) is 0 Å². The van der Waals surface area contributed by atoms with Gasteiger partial charge in [0.25, 0.3) is 0 Å². The summed E-state index contributed by atoms with van der Waals surface area (Å²) in [6.45, 7) is 7.10. The van der Waals surface area contributed by atoms with Crippen molar-refractivity contribution < 1.29 is 14.4 Å². The number of hydrogen-bond acceptors (Lipinski definition) is 5. The molecule has 0 bridgehead atoms. The summed E-state index contributed by atoms with van der Waals surface area (Å²) in [5.41, 5.74) is 5.15. The maximum Gasteiger partial charge on any atom is 0.227 e. The van der Waals surface area contributed by atoms with E-state index in [9.17, 15) is 14.4 Å². The van der Waals surface area contributed by atoms with Gasteiger partial charge in [-0.1, -0.05) is 0 Å². The molecule has 1 atom stereocenters. The van der Waals surface area contributed by atoms with Crippen LogP contribution in [0.15, 0.2) is 0 Å². The summed E-state index contributed by atoms with van der Waals surface area (Å²) < 4.78 is 0. The number of carbonyl (C=O) groups excluding carboxylic acids is 3. The molecule has 0 saturated carbocycles. The third-order valence-corrected chi connectivity index (χ3v) is 6.76. The van der Waals surface area contributed by atoms with Crippen LogP contribution in [0.1, 0.15) is 44.9 Å². The topological polar surface area (TPSA) is 90.2 Å². The summed E-state index contributed by atoms with van der Waals surface area (Å²) in [6.07, 6.45) is 5.23. The van der Waals surface area contributed by atoms with Crippen molar-refractivity contribution in [2.45, 2.75) is 51.0 Å². The van der Waals surface area contributed by atoms with Crippen LogP contribution in [0.2, 0.25) is 0 Å². The smallest absolute Gasteiger partial charge is 0.227 e. The van der Waals surface area contributed by atoms with Crippen LogP contribution in [-0.4, -0.2) is 103 Å². The molecule has 3 aliphatic rings. The molecule has 164 valence electrons. The second-order valence-corrected chi connectivity index (χ2v) is 8.89. The monoisotopic (exact) mass is 407 g/mol. The van der Waals surface area contributed by atoms with Crippen LogP contribution in [0.25, 0.3) is 0 Å². The predicted molar refractivity (Wildman–Crippen MR) is 111 cm³/mol. The van der Waals surface area contributed by atoms with Crippen LogP contribution in [-0.2, 0) is 14.4 Å². The maximum atomic E-state index is 13.0. The Morgan fingerprint density at radius 2 is 1.55 bits per heavy atom. The Morgan fingerprint density at radius 1 is 0.862 bits per heavy atom. The van der Waals surface area contributed by atoms with Crippen LogP contribution in [0.5, 0.6) is 0 Å². The number of likely N-dealkylation sites (tertiary alicyclic amines) is 2. The molecule has 0 radical (unpaired) electrons. The quantitative estimate of drug-likeness (QED) is 0.675. The molecule has 8 heteroatoms. The molecule has 3 heterocycles. The lowest BCUT2D eigenvalue weighted by molar-refractivity contribution is -0.139. The third-order valence-electron chi connectivity index (χ3n) is 6.76. The highest BCUT2D eigenvalue weighted by atomic mass is 16.2. The van der Waals surface area contributed by atoms with E-state index in [0.717, 1.165) is 78.0 Å². The van der Waals surface area contributed by atoms with Crippen LogP contribution in [0, 0.1) is 5.92 Å². The van der Waals surface area contributed by atoms with Gasteiger partial charge in [0.2, 0.25) is 17.7 Å². The van der Waals surface area contributed by atoms with Gasteiger partial charge in [-0.25, -0.2) is 0 Å². The molecule has 0 aromatic heterocycles. The fraction of sp³-hybridized carbons (Fsp3) is 0.857. The minimum Gasteiger partial charge on any atom is -0.370 e. The molecule has 0 unspecified atom stereocenters. The van der Waals surface area contributed by atoms with E-state index >= 15 is 0 Å². The van der Waals surface area contributed by atoms with Crippen molar-refractivity contribution in [1.29, 1.82) is 0 Å². The van der Waals surface area contributed by atoms with E-state index in [1.54, 1.807) is 0 Å². The van der Waals surface area contributed by atoms with E-state index in [1.165, 1.54) is 0 Å². The second-order valence-electron chi connectivity index (χ2n) is 8.89. The number of primary amides is 1. The van der Waals surface area contributed by atoms with Crippen molar-refractivity contribution in [3.8, 4) is 0 Å². The Labute approximate surface area is 174 Å². The molecule has 29 heavy (non-hydrogen) atoms. The normalized spacial score (nSPS) is 25.2. The molecule has 0 aromatic carbocycles. The Balaban J connectivity index is 1.43. The van der Waals surface area contributed by atoms with Crippen molar-refractivity contribution in [3.05, 3.63) is 0 Å². The number of piperazine rings is 1. The molecule has 3 fully saturated rings. The number of rotatable bonds is 6. The van der Waals surface area contributed by atoms with Crippen molar-refractivity contribution >= 4 is 17.7 Å². The van der Waals surface area contributed by atoms with Crippen molar-refractivity contribution in [1.82, 2.24) is 19.6 Å². The molecule has 3 rings (SSSR count). The van der Waals surface area contributed by atoms with Crippen LogP contribution in [0.3, 0.4) is 0 Å². The van der Waals surface area contributed by atoms with E-state index in [4.69, 9.17) is 5.73 Å². The summed E-state index contributed by atoms with van der Waals surface area (Å²) in [5.74, 6) is 0.249. The van der Waals surface area contributed by atoms with Gasteiger partial charge in [-0.15, -0.1) is 0 Å². The average molecular weight is 408 g/mol. The molecule has 0 spiro atoms. The number of nitrogens with zero attached hydrogens (tertiary/aromatic N) is 4. The lowest BCUT2D eigenvalue weighted by Gasteiger charge is -2.43. The number of likely N-dealkylation sites (N-methyl/N-ethyl adjacent to an activating group) is 1. The fourth-order valence-corrected chi connectivity index (χ4v) is 4.88. The standard InChI is InChI=1S/C21H37N5O3/c1-23-12-14-25(15-13-23)21(29)17-4-3-9-26(16-17)18-7-10-24(11-8-18)20(28)6-2-5-19(22)27/h17-18H,2-16H2,1H3,(H2,22,27)/t17-/m0/s1. The first-order chi connectivity index (χ1) is 13.9. The zero-order chi connectivity index (χ0) is 20.8. The Kier molecular flexibility index (Phi) is 7.89. The van der Waals surface area contributed by atoms with Crippen molar-refractivity contribution in [2.24, 2.45) is 11.7 Å². The molecular formula is C21H37N5O3. The van der Waals surface area contributed by atoms with Gasteiger partial charge >= 0.3 is 0 Å². The summed E-state index contributed by atoms with van der Waals surface area (Å²) in [7, 11) is 2.11. The predicted octanol–water partition coefficient (Wildman–Crippen LogP) is 0.119. The van der Waals surface area contributed by atoms with E-state index in [1.807, 2.05) is 4.90 Å². The Morgan fingerprint density at radius 3 is 2.21 bits per heavy atom. The van der Waals surface area contributed by atoms with Crippen molar-refractivity contribution in [2.75, 3.05) is 59.4 Å². The van der Waals surface area contributed by atoms with Gasteiger partial charge in [-0.2, -0.15) is 0 Å². The molecule has 0 aromatic rings. The summed E-state index contributed by atoms with van der Waals surface area (Å²) in [5, 5.41) is 0. The number of piperidine rings is 2. The number of nitrogens with two attached hydrogens (primary N) is 1. The minimum atomic E-state index is -0.345. The Hall–Kier alpha value is -1.67. The van der Waals surface area contributed by atoms with E-state index in [-0.39, 0.29) is 24.2 Å². The van der Waals surface area contributed by atoms with Gasteiger partial charge in [-0.05, 0) is 45.7 Å². The first-order valence-electron chi connectivity index (χ1n) is 11.2. The minimum absolute atomic E-state index is 0.126. The largest absolute Gasteiger partial charge is 0.370 e. The highest BCUT2D eigenvalue weighted by Gasteiger charge is 2.34. The number of amides is 3. The van der Waals surface area contributed by atoms with Gasteiger partial charge < -0.3 is 20.4 Å². The number of hydrogen-bond donors (Lipinski definition) is 1. The van der Waals surface area contributed by atoms with Gasteiger partial charge in [0.15, 0.2) is 0 Å². The summed E-state index contributed by atoms with van der Waals surface area (Å²) >= 11 is 0. The number of carbonyl (C=O) groups is 3. The van der Waals surface area contributed by atoms with Crippen LogP contribution >= 0.6 is 0 Å². The van der Waals surface area contributed by atoms with Gasteiger partial charge in [0.1, 0.15) is 0 Å². The maximum absolute atomic E-state index is 13.0. The molecule has 2 N–H and O–H groups in total. The molecule has 0 aliphatic carbocycles. The Bertz CT molecular complexity index is 583. The SMILES string of the molecule is CN1CCN(C(=O)[C@H]2CCCN(C3CCN(C(=O)CCCC(N)=O)CC3)C2)CC1. The molecule has 3 amide bonds. The highest BCUT2D eigenvalue weighted by Crippen LogP contribution is 2.25. The van der Waals surface area contributed by atoms with E-state index in [2.05, 4.69) is 21.7 Å². The highest BCUT2D eigenvalue weighted by molar-refractivity contribution is 5.79. The van der Waals surface area contributed by atoms with E-state index < -0.39 is 0 Å². The van der Waals surface area contributed by atoms with E-state index in [0.29, 0.717) is 24.8 Å². The zero-order valence-corrected chi connectivity index (χ0v) is 17.9. The molecule has 8 nitrogen and oxygen atoms in total. The lowest BCUT2D eigenvalue weighted by atomic mass is 9.92. The summed E-state index contributed by atoms with van der Waals surface area (Å²) in [4.78, 5) is 44.9. The fourth-order valence-electron chi connectivity index (χ4n) is 4.88. The molecular weight excluding hydrogens is 370 g/mol. The van der Waals surface area contributed by atoms with Gasteiger partial charge in [0.05, 0.1) is 5.92 Å². The molecule has 3 aliphatic heterocycles. The first kappa shape index (κ1) is 22.0. The second kappa shape index (κ2) is 10.4. The van der Waals surface area contributed by atoms with Gasteiger partial charge in [0, 0.05) is 64.7 Å². The zero-order valence-electron chi connectivity index (χ0n) is 17.9. The van der Waals surface area contributed by atoms with Crippen LogP contribution in [0.4, 0.5) is 0 Å². The van der Waals surface area contributed by atoms with Crippen LogP contribution < -0.4 is 5.73 Å². The lowest BCUT2D eigenvalue weighted by Crippen LogP contribution is -2.54.